The van der Waals surface area contributed by atoms with Gasteiger partial charge in [-0.15, -0.1) is 0 Å². The highest BCUT2D eigenvalue weighted by Gasteiger charge is 2.30. The quantitative estimate of drug-likeness (QED) is 0.809. The van der Waals surface area contributed by atoms with Crippen molar-refractivity contribution < 1.29 is 24.2 Å². The third kappa shape index (κ3) is 3.88. The van der Waals surface area contributed by atoms with E-state index in [0.717, 1.165) is 6.42 Å². The van der Waals surface area contributed by atoms with Crippen molar-refractivity contribution in [3.05, 3.63) is 18.0 Å². The lowest BCUT2D eigenvalue weighted by Crippen LogP contribution is -2.43. The second kappa shape index (κ2) is 7.26. The fraction of sp³-hybridized carbons (Fsp3) is 0.600. The van der Waals surface area contributed by atoms with Gasteiger partial charge in [-0.1, -0.05) is 0 Å². The van der Waals surface area contributed by atoms with E-state index < -0.39 is 12.0 Å². The molecule has 8 nitrogen and oxygen atoms in total. The van der Waals surface area contributed by atoms with Gasteiger partial charge in [-0.3, -0.25) is 14.3 Å². The molecule has 0 radical (unpaired) electrons. The van der Waals surface area contributed by atoms with Crippen LogP contribution in [0.3, 0.4) is 0 Å². The highest BCUT2D eigenvalue weighted by molar-refractivity contribution is 5.92. The Labute approximate surface area is 134 Å². The van der Waals surface area contributed by atoms with Crippen LogP contribution in [-0.2, 0) is 14.3 Å². The van der Waals surface area contributed by atoms with Crippen LogP contribution in [0, 0.1) is 5.92 Å². The molecule has 0 aromatic carbocycles. The first kappa shape index (κ1) is 17.0. The second-order valence-corrected chi connectivity index (χ2v) is 5.54. The van der Waals surface area contributed by atoms with E-state index in [1.54, 1.807) is 11.8 Å². The number of carbonyl (C=O) groups excluding carboxylic acids is 2. The Morgan fingerprint density at radius 2 is 2.22 bits per heavy atom. The summed E-state index contributed by atoms with van der Waals surface area (Å²) in [7, 11) is 0. The SMILES string of the molecule is CCOC(=O)C1CCCN(C(=O)c2ccn(C(C)C(=O)O)n2)C1. The fourth-order valence-corrected chi connectivity index (χ4v) is 2.56. The molecule has 2 unspecified atom stereocenters. The molecule has 0 saturated carbocycles. The molecule has 2 atom stereocenters. The van der Waals surface area contributed by atoms with Gasteiger partial charge < -0.3 is 14.7 Å². The summed E-state index contributed by atoms with van der Waals surface area (Å²) in [6, 6.07) is 0.653. The minimum Gasteiger partial charge on any atom is -0.480 e. The summed E-state index contributed by atoms with van der Waals surface area (Å²) < 4.78 is 6.25. The molecule has 0 aliphatic carbocycles. The van der Waals surface area contributed by atoms with Crippen LogP contribution in [0.15, 0.2) is 12.3 Å². The molecule has 23 heavy (non-hydrogen) atoms. The van der Waals surface area contributed by atoms with Crippen LogP contribution in [-0.4, -0.2) is 57.3 Å². The Balaban J connectivity index is 2.05. The molecule has 2 rings (SSSR count). The van der Waals surface area contributed by atoms with Crippen LogP contribution in [0.4, 0.5) is 0 Å². The van der Waals surface area contributed by atoms with Crippen molar-refractivity contribution >= 4 is 17.8 Å². The Morgan fingerprint density at radius 1 is 1.48 bits per heavy atom. The molecule has 1 saturated heterocycles. The zero-order valence-electron chi connectivity index (χ0n) is 13.3. The number of ether oxygens (including phenoxy) is 1. The van der Waals surface area contributed by atoms with Gasteiger partial charge in [-0.05, 0) is 32.8 Å². The first-order chi connectivity index (χ1) is 10.9. The third-order valence-electron chi connectivity index (χ3n) is 3.91. The van der Waals surface area contributed by atoms with Gasteiger partial charge in [0.2, 0.25) is 0 Å². The standard InChI is InChI=1S/C15H21N3O5/c1-3-23-15(22)11-5-4-7-17(9-11)13(19)12-6-8-18(16-12)10(2)14(20)21/h6,8,10-11H,3-5,7,9H2,1-2H3,(H,20,21). The summed E-state index contributed by atoms with van der Waals surface area (Å²) in [5.41, 5.74) is 0.183. The normalized spacial score (nSPS) is 19.2. The van der Waals surface area contributed by atoms with Crippen LogP contribution >= 0.6 is 0 Å². The van der Waals surface area contributed by atoms with E-state index in [1.807, 2.05) is 0 Å². The molecule has 1 N–H and O–H groups in total. The number of aromatic nitrogens is 2. The summed E-state index contributed by atoms with van der Waals surface area (Å²) in [4.78, 5) is 36.8. The van der Waals surface area contributed by atoms with E-state index >= 15 is 0 Å². The van der Waals surface area contributed by atoms with Crippen molar-refractivity contribution in [2.45, 2.75) is 32.7 Å². The van der Waals surface area contributed by atoms with Gasteiger partial charge in [-0.25, -0.2) is 4.79 Å². The van der Waals surface area contributed by atoms with Crippen LogP contribution in [0.5, 0.6) is 0 Å². The first-order valence-electron chi connectivity index (χ1n) is 7.68. The smallest absolute Gasteiger partial charge is 0.328 e. The van der Waals surface area contributed by atoms with Gasteiger partial charge in [-0.2, -0.15) is 5.10 Å². The van der Waals surface area contributed by atoms with E-state index in [1.165, 1.54) is 23.9 Å². The number of carboxylic acid groups (broad SMARTS) is 1. The molecule has 1 fully saturated rings. The number of carbonyl (C=O) groups is 3. The number of carboxylic acids is 1. The lowest BCUT2D eigenvalue weighted by Gasteiger charge is -2.31. The lowest BCUT2D eigenvalue weighted by atomic mass is 9.98. The second-order valence-electron chi connectivity index (χ2n) is 5.54. The molecule has 0 bridgehead atoms. The fourth-order valence-electron chi connectivity index (χ4n) is 2.56. The van der Waals surface area contributed by atoms with Crippen molar-refractivity contribution in [3.8, 4) is 0 Å². The molecular formula is C15H21N3O5. The van der Waals surface area contributed by atoms with Crippen molar-refractivity contribution in [2.24, 2.45) is 5.92 Å². The molecule has 8 heteroatoms. The average molecular weight is 323 g/mol. The maximum absolute atomic E-state index is 12.5. The van der Waals surface area contributed by atoms with E-state index in [9.17, 15) is 14.4 Å². The predicted octanol–water partition coefficient (Wildman–Crippen LogP) is 0.944. The molecule has 1 amide bonds. The van der Waals surface area contributed by atoms with Crippen molar-refractivity contribution in [3.63, 3.8) is 0 Å². The maximum atomic E-state index is 12.5. The number of likely N-dealkylation sites (tertiary alicyclic amines) is 1. The molecule has 1 aliphatic heterocycles. The monoisotopic (exact) mass is 323 g/mol. The van der Waals surface area contributed by atoms with Crippen molar-refractivity contribution in [1.29, 1.82) is 0 Å². The van der Waals surface area contributed by atoms with Gasteiger partial charge in [0.05, 0.1) is 12.5 Å². The number of nitrogens with zero attached hydrogens (tertiary/aromatic N) is 3. The Kier molecular flexibility index (Phi) is 5.36. The average Bonchev–Trinajstić information content (AvgIpc) is 3.03. The minimum atomic E-state index is -1.02. The zero-order valence-corrected chi connectivity index (χ0v) is 13.3. The maximum Gasteiger partial charge on any atom is 0.328 e. The number of hydrogen-bond acceptors (Lipinski definition) is 5. The Morgan fingerprint density at radius 3 is 2.87 bits per heavy atom. The molecular weight excluding hydrogens is 302 g/mol. The zero-order chi connectivity index (χ0) is 17.0. The number of esters is 1. The summed E-state index contributed by atoms with van der Waals surface area (Å²) in [6.07, 6.45) is 2.90. The Hall–Kier alpha value is -2.38. The van der Waals surface area contributed by atoms with Crippen LogP contribution < -0.4 is 0 Å². The topological polar surface area (TPSA) is 102 Å². The van der Waals surface area contributed by atoms with E-state index in [2.05, 4.69) is 5.10 Å². The molecule has 1 aromatic heterocycles. The van der Waals surface area contributed by atoms with Gasteiger partial charge in [0.25, 0.3) is 5.91 Å². The van der Waals surface area contributed by atoms with Crippen LogP contribution in [0.1, 0.15) is 43.2 Å². The van der Waals surface area contributed by atoms with Gasteiger partial charge >= 0.3 is 11.9 Å². The number of aliphatic carboxylic acids is 1. The molecule has 126 valence electrons. The largest absolute Gasteiger partial charge is 0.480 e. The number of hydrogen-bond donors (Lipinski definition) is 1. The number of piperidine rings is 1. The molecule has 2 heterocycles. The summed E-state index contributed by atoms with van der Waals surface area (Å²) >= 11 is 0. The number of amides is 1. The van der Waals surface area contributed by atoms with Gasteiger partial charge in [0.1, 0.15) is 11.7 Å². The highest BCUT2D eigenvalue weighted by atomic mass is 16.5. The van der Waals surface area contributed by atoms with Crippen LogP contribution in [0.2, 0.25) is 0 Å². The van der Waals surface area contributed by atoms with Gasteiger partial charge in [0, 0.05) is 19.3 Å². The van der Waals surface area contributed by atoms with Crippen molar-refractivity contribution in [2.75, 3.05) is 19.7 Å². The van der Waals surface area contributed by atoms with Gasteiger partial charge in [0.15, 0.2) is 0 Å². The summed E-state index contributed by atoms with van der Waals surface area (Å²) in [5, 5.41) is 13.0. The summed E-state index contributed by atoms with van der Waals surface area (Å²) in [5.74, 6) is -1.91. The first-order valence-corrected chi connectivity index (χ1v) is 7.68. The third-order valence-corrected chi connectivity index (χ3v) is 3.91. The molecule has 1 aromatic rings. The molecule has 1 aliphatic rings. The minimum absolute atomic E-state index is 0.183. The van der Waals surface area contributed by atoms with E-state index in [4.69, 9.17) is 9.84 Å². The highest BCUT2D eigenvalue weighted by Crippen LogP contribution is 2.20. The number of rotatable bonds is 5. The Bertz CT molecular complexity index is 598. The van der Waals surface area contributed by atoms with E-state index in [-0.39, 0.29) is 23.5 Å². The van der Waals surface area contributed by atoms with E-state index in [0.29, 0.717) is 26.1 Å². The van der Waals surface area contributed by atoms with Crippen LogP contribution in [0.25, 0.3) is 0 Å². The summed E-state index contributed by atoms with van der Waals surface area (Å²) in [6.45, 7) is 4.41. The molecule has 0 spiro atoms. The lowest BCUT2D eigenvalue weighted by molar-refractivity contribution is -0.149. The predicted molar refractivity (Wildman–Crippen MR) is 79.8 cm³/mol. The van der Waals surface area contributed by atoms with Crippen molar-refractivity contribution in [1.82, 2.24) is 14.7 Å².